The summed E-state index contributed by atoms with van der Waals surface area (Å²) in [6.07, 6.45) is -1.79. The molecule has 0 bridgehead atoms. The second-order valence-electron chi connectivity index (χ2n) is 5.51. The minimum Gasteiger partial charge on any atom is -0.394 e. The Bertz CT molecular complexity index is 378. The van der Waals surface area contributed by atoms with Crippen molar-refractivity contribution in [2.45, 2.75) is 70.1 Å². The summed E-state index contributed by atoms with van der Waals surface area (Å²) in [6.45, 7) is 2.78. The molecule has 2 amide bonds. The van der Waals surface area contributed by atoms with Crippen LogP contribution in [0.25, 0.3) is 0 Å². The van der Waals surface area contributed by atoms with Crippen LogP contribution in [0.3, 0.4) is 0 Å². The highest BCUT2D eigenvalue weighted by atomic mass is 16.5. The fourth-order valence-corrected chi connectivity index (χ4v) is 2.40. The molecule has 1 heterocycles. The number of hydrogen-bond acceptors (Lipinski definition) is 6. The van der Waals surface area contributed by atoms with E-state index >= 15 is 0 Å². The van der Waals surface area contributed by atoms with Crippen LogP contribution in [-0.4, -0.2) is 64.3 Å². The zero-order chi connectivity index (χ0) is 16.7. The second kappa shape index (κ2) is 9.04. The van der Waals surface area contributed by atoms with Crippen LogP contribution in [0.1, 0.15) is 39.5 Å². The van der Waals surface area contributed by atoms with Gasteiger partial charge in [0.25, 0.3) is 0 Å². The molecule has 1 saturated heterocycles. The molecule has 0 radical (unpaired) electrons. The standard InChI is InChI=1S/C14H26N2O6/c1-3-4-5-6-10(19)16-14-11(15-8(2)18)13(21)12(20)9(7-17)22-14/h9,11-14,17,20-21H,3-7H2,1-2H3,(H,15,18)(H,16,19)/t9-,11-,12-,13-,14-/m1/s1. The van der Waals surface area contributed by atoms with Gasteiger partial charge >= 0.3 is 0 Å². The molecule has 0 spiro atoms. The molecule has 5 atom stereocenters. The Morgan fingerprint density at radius 3 is 2.36 bits per heavy atom. The quantitative estimate of drug-likeness (QED) is 0.368. The molecule has 8 nitrogen and oxygen atoms in total. The number of rotatable bonds is 7. The van der Waals surface area contributed by atoms with Crippen LogP contribution in [0.4, 0.5) is 0 Å². The average Bonchev–Trinajstić information content (AvgIpc) is 2.46. The molecule has 0 saturated carbocycles. The van der Waals surface area contributed by atoms with Gasteiger partial charge in [-0.05, 0) is 6.42 Å². The van der Waals surface area contributed by atoms with Crippen molar-refractivity contribution in [2.24, 2.45) is 0 Å². The summed E-state index contributed by atoms with van der Waals surface area (Å²) < 4.78 is 5.40. The third-order valence-electron chi connectivity index (χ3n) is 3.61. The SMILES string of the molecule is CCCCCC(=O)N[C@@H]1O[C@H](CO)[C@@H](O)[C@H](O)[C@H]1NC(C)=O. The molecule has 1 rings (SSSR count). The normalized spacial score (nSPS) is 31.6. The van der Waals surface area contributed by atoms with Gasteiger partial charge in [-0.25, -0.2) is 0 Å². The topological polar surface area (TPSA) is 128 Å². The Morgan fingerprint density at radius 2 is 1.82 bits per heavy atom. The molecule has 0 unspecified atom stereocenters. The van der Waals surface area contributed by atoms with Crippen LogP contribution in [0, 0.1) is 0 Å². The zero-order valence-electron chi connectivity index (χ0n) is 13.0. The van der Waals surface area contributed by atoms with Crippen molar-refractivity contribution < 1.29 is 29.6 Å². The predicted octanol–water partition coefficient (Wildman–Crippen LogP) is -1.37. The van der Waals surface area contributed by atoms with Gasteiger partial charge in [0.05, 0.1) is 6.61 Å². The first-order valence-corrected chi connectivity index (χ1v) is 7.59. The van der Waals surface area contributed by atoms with Crippen LogP contribution in [0.15, 0.2) is 0 Å². The van der Waals surface area contributed by atoms with Gasteiger partial charge in [-0.15, -0.1) is 0 Å². The Kier molecular flexibility index (Phi) is 7.74. The van der Waals surface area contributed by atoms with Crippen molar-refractivity contribution in [2.75, 3.05) is 6.61 Å². The van der Waals surface area contributed by atoms with Gasteiger partial charge in [0.15, 0.2) is 6.23 Å². The maximum atomic E-state index is 11.9. The van der Waals surface area contributed by atoms with Crippen molar-refractivity contribution in [1.29, 1.82) is 0 Å². The maximum Gasteiger partial charge on any atom is 0.222 e. The maximum absolute atomic E-state index is 11.9. The molecule has 0 aromatic rings. The molecule has 8 heteroatoms. The Labute approximate surface area is 129 Å². The van der Waals surface area contributed by atoms with E-state index < -0.39 is 43.1 Å². The molecule has 1 fully saturated rings. The van der Waals surface area contributed by atoms with E-state index in [1.54, 1.807) is 0 Å². The Morgan fingerprint density at radius 1 is 1.14 bits per heavy atom. The molecule has 1 aliphatic rings. The predicted molar refractivity (Wildman–Crippen MR) is 77.6 cm³/mol. The molecule has 5 N–H and O–H groups in total. The van der Waals surface area contributed by atoms with Crippen LogP contribution in [0.5, 0.6) is 0 Å². The summed E-state index contributed by atoms with van der Waals surface area (Å²) in [5.41, 5.74) is 0. The number of amides is 2. The lowest BCUT2D eigenvalue weighted by molar-refractivity contribution is -0.203. The monoisotopic (exact) mass is 318 g/mol. The first kappa shape index (κ1) is 18.8. The van der Waals surface area contributed by atoms with Crippen LogP contribution in [0.2, 0.25) is 0 Å². The van der Waals surface area contributed by atoms with E-state index in [0.717, 1.165) is 19.3 Å². The minimum atomic E-state index is -1.35. The highest BCUT2D eigenvalue weighted by molar-refractivity contribution is 5.76. The molecule has 0 aromatic heterocycles. The van der Waals surface area contributed by atoms with Gasteiger partial charge in [0, 0.05) is 13.3 Å². The number of aliphatic hydroxyl groups excluding tert-OH is 3. The lowest BCUT2D eigenvalue weighted by atomic mass is 9.96. The zero-order valence-corrected chi connectivity index (χ0v) is 13.0. The number of aliphatic hydroxyl groups is 3. The van der Waals surface area contributed by atoms with Gasteiger partial charge in [-0.1, -0.05) is 19.8 Å². The van der Waals surface area contributed by atoms with E-state index in [0.29, 0.717) is 6.42 Å². The smallest absolute Gasteiger partial charge is 0.222 e. The fraction of sp³-hybridized carbons (Fsp3) is 0.857. The van der Waals surface area contributed by atoms with Gasteiger partial charge in [-0.3, -0.25) is 9.59 Å². The van der Waals surface area contributed by atoms with Gasteiger partial charge in [0.2, 0.25) is 11.8 Å². The third-order valence-corrected chi connectivity index (χ3v) is 3.61. The van der Waals surface area contributed by atoms with E-state index in [9.17, 15) is 24.9 Å². The largest absolute Gasteiger partial charge is 0.394 e. The van der Waals surface area contributed by atoms with Crippen molar-refractivity contribution in [1.82, 2.24) is 10.6 Å². The summed E-state index contributed by atoms with van der Waals surface area (Å²) in [4.78, 5) is 23.1. The summed E-state index contributed by atoms with van der Waals surface area (Å²) in [7, 11) is 0. The molecule has 128 valence electrons. The summed E-state index contributed by atoms with van der Waals surface area (Å²) >= 11 is 0. The molecular weight excluding hydrogens is 292 g/mol. The summed E-state index contributed by atoms with van der Waals surface area (Å²) in [6, 6.07) is -0.981. The first-order chi connectivity index (χ1) is 10.4. The summed E-state index contributed by atoms with van der Waals surface area (Å²) in [5.74, 6) is -0.693. The number of carbonyl (C=O) groups excluding carboxylic acids is 2. The van der Waals surface area contributed by atoms with Crippen LogP contribution < -0.4 is 10.6 Å². The lowest BCUT2D eigenvalue weighted by Gasteiger charge is -2.42. The molecule has 0 aliphatic carbocycles. The van der Waals surface area contributed by atoms with Gasteiger partial charge < -0.3 is 30.7 Å². The van der Waals surface area contributed by atoms with E-state index in [1.807, 2.05) is 6.92 Å². The fourth-order valence-electron chi connectivity index (χ4n) is 2.40. The average molecular weight is 318 g/mol. The van der Waals surface area contributed by atoms with E-state index in [4.69, 9.17) is 4.74 Å². The second-order valence-corrected chi connectivity index (χ2v) is 5.51. The van der Waals surface area contributed by atoms with Crippen molar-refractivity contribution in [3.05, 3.63) is 0 Å². The van der Waals surface area contributed by atoms with E-state index in [2.05, 4.69) is 10.6 Å². The Balaban J connectivity index is 2.72. The van der Waals surface area contributed by atoms with Crippen molar-refractivity contribution in [3.63, 3.8) is 0 Å². The van der Waals surface area contributed by atoms with Gasteiger partial charge in [0.1, 0.15) is 24.4 Å². The number of ether oxygens (including phenoxy) is 1. The van der Waals surface area contributed by atoms with Crippen LogP contribution >= 0.6 is 0 Å². The van der Waals surface area contributed by atoms with Crippen molar-refractivity contribution in [3.8, 4) is 0 Å². The van der Waals surface area contributed by atoms with Gasteiger partial charge in [-0.2, -0.15) is 0 Å². The van der Waals surface area contributed by atoms with Crippen LogP contribution in [-0.2, 0) is 14.3 Å². The molecule has 0 aromatic carbocycles. The number of carbonyl (C=O) groups is 2. The Hall–Kier alpha value is -1.22. The van der Waals surface area contributed by atoms with Crippen molar-refractivity contribution >= 4 is 11.8 Å². The van der Waals surface area contributed by atoms with E-state index in [-0.39, 0.29) is 5.91 Å². The number of unbranched alkanes of at least 4 members (excludes halogenated alkanes) is 2. The third kappa shape index (κ3) is 5.20. The lowest BCUT2D eigenvalue weighted by Crippen LogP contribution is -2.68. The number of hydrogen-bond donors (Lipinski definition) is 5. The molecule has 1 aliphatic heterocycles. The molecule has 22 heavy (non-hydrogen) atoms. The minimum absolute atomic E-state index is 0.269. The van der Waals surface area contributed by atoms with E-state index in [1.165, 1.54) is 6.92 Å². The highest BCUT2D eigenvalue weighted by Crippen LogP contribution is 2.20. The first-order valence-electron chi connectivity index (χ1n) is 7.59. The number of nitrogens with one attached hydrogen (secondary N) is 2. The highest BCUT2D eigenvalue weighted by Gasteiger charge is 2.45. The summed E-state index contributed by atoms with van der Waals surface area (Å²) in [5, 5.41) is 34.2. The molecular formula is C14H26N2O6.